The predicted octanol–water partition coefficient (Wildman–Crippen LogP) is 2.64. The molecule has 0 radical (unpaired) electrons. The Morgan fingerprint density at radius 2 is 2.05 bits per heavy atom. The van der Waals surface area contributed by atoms with Crippen molar-refractivity contribution in [1.29, 1.82) is 0 Å². The summed E-state index contributed by atoms with van der Waals surface area (Å²) in [5.74, 6) is 0.186. The molecule has 0 aliphatic heterocycles. The quantitative estimate of drug-likeness (QED) is 0.857. The van der Waals surface area contributed by atoms with Gasteiger partial charge in [0.25, 0.3) is 0 Å². The Morgan fingerprint density at radius 3 is 2.53 bits per heavy atom. The third-order valence-corrected chi connectivity index (χ3v) is 3.34. The first kappa shape index (κ1) is 15.6. The molecule has 2 atom stereocenters. The van der Waals surface area contributed by atoms with Gasteiger partial charge in [-0.2, -0.15) is 0 Å². The van der Waals surface area contributed by atoms with Crippen molar-refractivity contribution >= 4 is 5.97 Å². The van der Waals surface area contributed by atoms with Gasteiger partial charge in [0.15, 0.2) is 5.82 Å². The second-order valence-electron chi connectivity index (χ2n) is 6.15. The first-order valence-electron chi connectivity index (χ1n) is 6.77. The Kier molecular flexibility index (Phi) is 5.03. The Balaban J connectivity index is 3.10. The summed E-state index contributed by atoms with van der Waals surface area (Å²) >= 11 is 0. The van der Waals surface area contributed by atoms with E-state index in [0.717, 1.165) is 18.7 Å². The third-order valence-electron chi connectivity index (χ3n) is 3.34. The van der Waals surface area contributed by atoms with E-state index >= 15 is 0 Å². The van der Waals surface area contributed by atoms with Gasteiger partial charge in [-0.1, -0.05) is 41.0 Å². The molecule has 0 fully saturated rings. The minimum atomic E-state index is -0.829. The molecule has 0 aromatic carbocycles. The highest BCUT2D eigenvalue weighted by Gasteiger charge is 2.32. The van der Waals surface area contributed by atoms with Gasteiger partial charge in [0.05, 0.1) is 12.5 Å². The van der Waals surface area contributed by atoms with Crippen LogP contribution >= 0.6 is 0 Å². The molecule has 1 aromatic rings. The van der Waals surface area contributed by atoms with Crippen molar-refractivity contribution in [2.24, 2.45) is 5.41 Å². The number of aromatic nitrogens is 4. The number of carbonyl (C=O) groups is 1. The van der Waals surface area contributed by atoms with Crippen molar-refractivity contribution in [2.75, 3.05) is 0 Å². The lowest BCUT2D eigenvalue weighted by molar-refractivity contribution is -0.138. The maximum Gasteiger partial charge on any atom is 0.305 e. The van der Waals surface area contributed by atoms with Crippen LogP contribution in [0.1, 0.15) is 71.7 Å². The van der Waals surface area contributed by atoms with E-state index in [1.54, 1.807) is 4.68 Å². The average molecular weight is 268 g/mol. The smallest absolute Gasteiger partial charge is 0.305 e. The highest BCUT2D eigenvalue weighted by molar-refractivity contribution is 5.67. The zero-order valence-corrected chi connectivity index (χ0v) is 12.4. The number of rotatable bonds is 6. The highest BCUT2D eigenvalue weighted by Crippen LogP contribution is 2.34. The van der Waals surface area contributed by atoms with Crippen LogP contribution in [0.25, 0.3) is 0 Å². The number of carboxylic acids is 1. The van der Waals surface area contributed by atoms with E-state index < -0.39 is 5.97 Å². The first-order valence-corrected chi connectivity index (χ1v) is 6.77. The molecule has 1 heterocycles. The van der Waals surface area contributed by atoms with E-state index in [9.17, 15) is 4.79 Å². The molecule has 0 aliphatic carbocycles. The predicted molar refractivity (Wildman–Crippen MR) is 71.9 cm³/mol. The van der Waals surface area contributed by atoms with E-state index in [1.807, 2.05) is 20.8 Å². The van der Waals surface area contributed by atoms with Crippen LogP contribution in [-0.4, -0.2) is 31.3 Å². The lowest BCUT2D eigenvalue weighted by Crippen LogP contribution is -2.29. The molecule has 2 unspecified atom stereocenters. The van der Waals surface area contributed by atoms with Gasteiger partial charge in [-0.3, -0.25) is 4.79 Å². The fraction of sp³-hybridized carbons (Fsp3) is 0.846. The van der Waals surface area contributed by atoms with Gasteiger partial charge in [0, 0.05) is 5.92 Å². The Labute approximate surface area is 114 Å². The minimum Gasteiger partial charge on any atom is -0.481 e. The van der Waals surface area contributed by atoms with Crippen LogP contribution in [0.5, 0.6) is 0 Å². The Morgan fingerprint density at radius 1 is 1.42 bits per heavy atom. The summed E-state index contributed by atoms with van der Waals surface area (Å²) in [5, 5.41) is 21.0. The molecule has 1 N–H and O–H groups in total. The van der Waals surface area contributed by atoms with Gasteiger partial charge in [-0.05, 0) is 22.3 Å². The largest absolute Gasteiger partial charge is 0.481 e. The van der Waals surface area contributed by atoms with Crippen molar-refractivity contribution in [1.82, 2.24) is 20.2 Å². The zero-order chi connectivity index (χ0) is 14.6. The lowest BCUT2D eigenvalue weighted by Gasteiger charge is -2.30. The van der Waals surface area contributed by atoms with Crippen LogP contribution in [0, 0.1) is 5.41 Å². The molecule has 0 amide bonds. The summed E-state index contributed by atoms with van der Waals surface area (Å²) < 4.78 is 1.70. The fourth-order valence-corrected chi connectivity index (χ4v) is 2.23. The molecule has 6 nitrogen and oxygen atoms in total. The number of carboxylic acid groups (broad SMARTS) is 1. The molecule has 19 heavy (non-hydrogen) atoms. The maximum atomic E-state index is 11.1. The van der Waals surface area contributed by atoms with Crippen molar-refractivity contribution in [3.8, 4) is 0 Å². The summed E-state index contributed by atoms with van der Waals surface area (Å²) in [7, 11) is 0. The fourth-order valence-electron chi connectivity index (χ4n) is 2.23. The maximum absolute atomic E-state index is 11.1. The molecule has 0 aliphatic rings. The standard InChI is InChI=1S/C13H24N4O2/c1-6-7-9(2)12-14-15-16-17(12)10(8-11(18)19)13(3,4)5/h9-10H,6-8H2,1-5H3,(H,18,19). The SMILES string of the molecule is CCCC(C)c1nnnn1C(CC(=O)O)C(C)(C)C. The van der Waals surface area contributed by atoms with E-state index in [0.29, 0.717) is 0 Å². The highest BCUT2D eigenvalue weighted by atomic mass is 16.4. The zero-order valence-electron chi connectivity index (χ0n) is 12.4. The monoisotopic (exact) mass is 268 g/mol. The van der Waals surface area contributed by atoms with Crippen LogP contribution in [0.3, 0.4) is 0 Å². The Bertz CT molecular complexity index is 423. The van der Waals surface area contributed by atoms with E-state index in [2.05, 4.69) is 29.4 Å². The second-order valence-corrected chi connectivity index (χ2v) is 6.15. The molecule has 6 heteroatoms. The number of hydrogen-bond acceptors (Lipinski definition) is 4. The van der Waals surface area contributed by atoms with Gasteiger partial charge < -0.3 is 5.11 Å². The van der Waals surface area contributed by atoms with Gasteiger partial charge in [-0.15, -0.1) is 5.10 Å². The number of hydrogen-bond donors (Lipinski definition) is 1. The topological polar surface area (TPSA) is 80.9 Å². The summed E-state index contributed by atoms with van der Waals surface area (Å²) in [5.41, 5.74) is -0.214. The van der Waals surface area contributed by atoms with Crippen molar-refractivity contribution in [3.63, 3.8) is 0 Å². The summed E-state index contributed by atoms with van der Waals surface area (Å²) in [4.78, 5) is 11.1. The number of aliphatic carboxylic acids is 1. The number of nitrogens with zero attached hydrogens (tertiary/aromatic N) is 4. The Hall–Kier alpha value is -1.46. The molecule has 1 aromatic heterocycles. The van der Waals surface area contributed by atoms with Crippen LogP contribution in [0.15, 0.2) is 0 Å². The van der Waals surface area contributed by atoms with Gasteiger partial charge >= 0.3 is 5.97 Å². The molecular formula is C13H24N4O2. The van der Waals surface area contributed by atoms with Crippen molar-refractivity contribution in [3.05, 3.63) is 5.82 Å². The van der Waals surface area contributed by atoms with E-state index in [-0.39, 0.29) is 23.8 Å². The molecule has 0 spiro atoms. The van der Waals surface area contributed by atoms with Gasteiger partial charge in [0.1, 0.15) is 0 Å². The van der Waals surface area contributed by atoms with Crippen LogP contribution in [0.4, 0.5) is 0 Å². The van der Waals surface area contributed by atoms with Crippen molar-refractivity contribution in [2.45, 2.75) is 65.8 Å². The summed E-state index contributed by atoms with van der Waals surface area (Å²) in [6.45, 7) is 10.2. The minimum absolute atomic E-state index is 0.0282. The molecule has 0 bridgehead atoms. The van der Waals surface area contributed by atoms with Crippen LogP contribution < -0.4 is 0 Å². The normalized spacial score (nSPS) is 15.2. The summed E-state index contributed by atoms with van der Waals surface area (Å²) in [6, 6.07) is -0.241. The number of tetrazole rings is 1. The lowest BCUT2D eigenvalue weighted by atomic mass is 9.84. The summed E-state index contributed by atoms with van der Waals surface area (Å²) in [6.07, 6.45) is 2.07. The first-order chi connectivity index (χ1) is 8.77. The third kappa shape index (κ3) is 4.01. The van der Waals surface area contributed by atoms with Crippen LogP contribution in [-0.2, 0) is 4.79 Å². The van der Waals surface area contributed by atoms with Crippen LogP contribution in [0.2, 0.25) is 0 Å². The van der Waals surface area contributed by atoms with E-state index in [1.165, 1.54) is 0 Å². The van der Waals surface area contributed by atoms with E-state index in [4.69, 9.17) is 5.11 Å². The second kappa shape index (κ2) is 6.12. The van der Waals surface area contributed by atoms with Gasteiger partial charge in [-0.25, -0.2) is 4.68 Å². The average Bonchev–Trinajstić information content (AvgIpc) is 2.72. The molecular weight excluding hydrogens is 244 g/mol. The van der Waals surface area contributed by atoms with Gasteiger partial charge in [0.2, 0.25) is 0 Å². The molecule has 1 rings (SSSR count). The molecule has 108 valence electrons. The molecule has 0 saturated heterocycles. The molecule has 0 saturated carbocycles. The van der Waals surface area contributed by atoms with Crippen molar-refractivity contribution < 1.29 is 9.90 Å².